The lowest BCUT2D eigenvalue weighted by molar-refractivity contribution is 0.660. The quantitative estimate of drug-likeness (QED) is 0.175. The summed E-state index contributed by atoms with van der Waals surface area (Å²) in [6.45, 7) is 4.76. The molecule has 12 aromatic rings. The van der Waals surface area contributed by atoms with Crippen LogP contribution in [0.2, 0.25) is 0 Å². The minimum atomic E-state index is -0.191. The summed E-state index contributed by atoms with van der Waals surface area (Å²) in [4.78, 5) is 4.94. The average molecular weight is 857 g/mol. The Kier molecular flexibility index (Phi) is 8.00. The molecular weight excluding hydrogens is 813 g/mol. The fourth-order valence-electron chi connectivity index (χ4n) is 11.5. The third-order valence-corrected chi connectivity index (χ3v) is 14.6. The van der Waals surface area contributed by atoms with E-state index in [0.29, 0.717) is 0 Å². The van der Waals surface area contributed by atoms with Crippen LogP contribution in [0.15, 0.2) is 231 Å². The lowest BCUT2D eigenvalue weighted by Crippen LogP contribution is -2.16. The number of hydrogen-bond acceptors (Lipinski definition) is 2. The first kappa shape index (κ1) is 37.7. The molecule has 0 unspecified atom stereocenters. The lowest BCUT2D eigenvalue weighted by atomic mass is 9.82. The van der Waals surface area contributed by atoms with Crippen molar-refractivity contribution in [2.45, 2.75) is 19.3 Å². The second kappa shape index (κ2) is 14.2. The number of fused-ring (bicyclic) bond motifs is 13. The van der Waals surface area contributed by atoms with Gasteiger partial charge in [0, 0.05) is 66.8 Å². The Labute approximate surface area is 389 Å². The highest BCUT2D eigenvalue weighted by Crippen LogP contribution is 2.54. The normalized spacial score (nSPS) is 13.6. The second-order valence-electron chi connectivity index (χ2n) is 18.6. The van der Waals surface area contributed by atoms with E-state index in [1.54, 1.807) is 0 Å². The zero-order valence-electron chi connectivity index (χ0n) is 37.2. The monoisotopic (exact) mass is 856 g/mol. The van der Waals surface area contributed by atoms with Gasteiger partial charge in [0.1, 0.15) is 0 Å². The number of anilines is 6. The van der Waals surface area contributed by atoms with Gasteiger partial charge in [0.2, 0.25) is 0 Å². The molecule has 10 aromatic carbocycles. The Bertz CT molecular complexity index is 3970. The summed E-state index contributed by atoms with van der Waals surface area (Å²) in [5.41, 5.74) is 21.0. The Morgan fingerprint density at radius 2 is 0.746 bits per heavy atom. The van der Waals surface area contributed by atoms with Crippen molar-refractivity contribution in [1.29, 1.82) is 0 Å². The van der Waals surface area contributed by atoms with Crippen molar-refractivity contribution < 1.29 is 0 Å². The maximum absolute atomic E-state index is 2.49. The Morgan fingerprint density at radius 1 is 0.299 bits per heavy atom. The van der Waals surface area contributed by atoms with Crippen LogP contribution >= 0.6 is 0 Å². The minimum absolute atomic E-state index is 0.191. The molecule has 0 spiro atoms. The van der Waals surface area contributed by atoms with Crippen LogP contribution in [0.1, 0.15) is 25.0 Å². The van der Waals surface area contributed by atoms with Gasteiger partial charge in [0.05, 0.1) is 27.8 Å². The smallest absolute Gasteiger partial charge is 0.0782 e. The van der Waals surface area contributed by atoms with Gasteiger partial charge in [-0.15, -0.1) is 0 Å². The number of aromatic nitrogens is 2. The van der Waals surface area contributed by atoms with Gasteiger partial charge in [-0.25, -0.2) is 0 Å². The maximum Gasteiger partial charge on any atom is 0.0782 e. The van der Waals surface area contributed by atoms with E-state index in [1.807, 2.05) is 0 Å². The largest absolute Gasteiger partial charge is 0.310 e. The van der Waals surface area contributed by atoms with Crippen LogP contribution in [0.4, 0.5) is 34.1 Å². The number of hydrogen-bond donors (Lipinski definition) is 0. The van der Waals surface area contributed by atoms with E-state index in [2.05, 4.69) is 263 Å². The van der Waals surface area contributed by atoms with Gasteiger partial charge in [-0.05, 0) is 143 Å². The van der Waals surface area contributed by atoms with Crippen molar-refractivity contribution in [3.05, 3.63) is 242 Å². The highest BCUT2D eigenvalue weighted by Gasteiger charge is 2.37. The number of para-hydroxylation sites is 5. The van der Waals surface area contributed by atoms with Crippen LogP contribution in [-0.4, -0.2) is 9.13 Å². The van der Waals surface area contributed by atoms with Crippen molar-refractivity contribution in [3.8, 4) is 33.6 Å². The molecule has 4 nitrogen and oxygen atoms in total. The predicted octanol–water partition coefficient (Wildman–Crippen LogP) is 17.1. The summed E-state index contributed by atoms with van der Waals surface area (Å²) < 4.78 is 4.84. The van der Waals surface area contributed by atoms with Crippen LogP contribution in [0.25, 0.3) is 77.2 Å². The fraction of sp³-hybridized carbons (Fsp3) is 0.0476. The predicted molar refractivity (Wildman–Crippen MR) is 281 cm³/mol. The summed E-state index contributed by atoms with van der Waals surface area (Å²) in [6, 6.07) is 85.4. The van der Waals surface area contributed by atoms with Gasteiger partial charge in [0.25, 0.3) is 0 Å². The van der Waals surface area contributed by atoms with Crippen molar-refractivity contribution in [2.75, 3.05) is 9.80 Å². The molecule has 2 aliphatic rings. The second-order valence-corrected chi connectivity index (χ2v) is 18.6. The Hall–Kier alpha value is -8.60. The van der Waals surface area contributed by atoms with Crippen LogP contribution in [-0.2, 0) is 5.41 Å². The third-order valence-electron chi connectivity index (χ3n) is 14.6. The molecule has 8 bridgehead atoms. The van der Waals surface area contributed by atoms with E-state index in [9.17, 15) is 0 Å². The number of nitrogens with zero attached hydrogens (tertiary/aromatic N) is 4. The fourth-order valence-corrected chi connectivity index (χ4v) is 11.5. The Morgan fingerprint density at radius 3 is 1.40 bits per heavy atom. The molecular formula is C63H44N4. The molecule has 0 fully saturated rings. The third kappa shape index (κ3) is 5.54. The average Bonchev–Trinajstić information content (AvgIpc) is 3.97. The van der Waals surface area contributed by atoms with Crippen molar-refractivity contribution in [1.82, 2.24) is 9.13 Å². The van der Waals surface area contributed by atoms with E-state index in [4.69, 9.17) is 0 Å². The first-order valence-corrected chi connectivity index (χ1v) is 23.3. The lowest BCUT2D eigenvalue weighted by Gasteiger charge is -2.29. The van der Waals surface area contributed by atoms with Crippen LogP contribution in [0.3, 0.4) is 0 Å². The number of rotatable bonds is 4. The van der Waals surface area contributed by atoms with E-state index in [1.165, 1.54) is 65.9 Å². The Balaban J connectivity index is 1.03. The topological polar surface area (TPSA) is 16.3 Å². The number of benzene rings is 10. The van der Waals surface area contributed by atoms with E-state index >= 15 is 0 Å². The zero-order valence-corrected chi connectivity index (χ0v) is 37.2. The van der Waals surface area contributed by atoms with E-state index in [-0.39, 0.29) is 5.41 Å². The molecule has 0 saturated heterocycles. The first-order chi connectivity index (χ1) is 33.0. The molecule has 0 saturated carbocycles. The van der Waals surface area contributed by atoms with Crippen LogP contribution in [0, 0.1) is 0 Å². The SMILES string of the molecule is CC1(C)c2ccc3cc2-c2cc(ccc21)N(c1cccc2c4ccccc4n(-c4ccccc4)c12)c1cccc(c1)-c1cccc(c1)N3c1ccc2c(c1)c1ccccc1n2-c1ccccc1. The molecule has 67 heavy (non-hydrogen) atoms. The summed E-state index contributed by atoms with van der Waals surface area (Å²) in [6.07, 6.45) is 0. The minimum Gasteiger partial charge on any atom is -0.310 e. The standard InChI is InChI=1S/C63H44N4/c1-63(2)56-33-30-47-38-53(56)54-39-49(31-34-57(54)63)65(61-29-15-26-52-50-24-9-12-28-59(50)67(62(52)61)44-20-7-4-8-21-44)46-23-14-17-42(37-46)41-16-13-22-45(36-41)64(47)48-32-35-60-55(40-48)51-25-10-11-27-58(51)66(60)43-18-5-3-6-19-43/h3-40H,1-2H3. The first-order valence-electron chi connectivity index (χ1n) is 23.3. The molecule has 3 heterocycles. The van der Waals surface area contributed by atoms with E-state index in [0.717, 1.165) is 56.6 Å². The molecule has 1 aliphatic carbocycles. The highest BCUT2D eigenvalue weighted by atomic mass is 15.2. The van der Waals surface area contributed by atoms with Crippen LogP contribution in [0.5, 0.6) is 0 Å². The maximum atomic E-state index is 2.49. The van der Waals surface area contributed by atoms with Gasteiger partial charge in [-0.1, -0.05) is 135 Å². The van der Waals surface area contributed by atoms with Crippen molar-refractivity contribution in [3.63, 3.8) is 0 Å². The molecule has 2 aromatic heterocycles. The molecule has 14 rings (SSSR count). The molecule has 4 heteroatoms. The molecule has 0 amide bonds. The van der Waals surface area contributed by atoms with Gasteiger partial charge in [-0.3, -0.25) is 0 Å². The zero-order chi connectivity index (χ0) is 44.4. The summed E-state index contributed by atoms with van der Waals surface area (Å²) in [7, 11) is 0. The van der Waals surface area contributed by atoms with Gasteiger partial charge >= 0.3 is 0 Å². The van der Waals surface area contributed by atoms with E-state index < -0.39 is 0 Å². The molecule has 1 aliphatic heterocycles. The van der Waals surface area contributed by atoms with Gasteiger partial charge in [-0.2, -0.15) is 0 Å². The van der Waals surface area contributed by atoms with Crippen LogP contribution < -0.4 is 9.80 Å². The summed E-state index contributed by atoms with van der Waals surface area (Å²) in [5.74, 6) is 0. The summed E-state index contributed by atoms with van der Waals surface area (Å²) >= 11 is 0. The van der Waals surface area contributed by atoms with Crippen molar-refractivity contribution in [2.24, 2.45) is 0 Å². The summed E-state index contributed by atoms with van der Waals surface area (Å²) in [5, 5.41) is 4.91. The molecule has 0 atom stereocenters. The van der Waals surface area contributed by atoms with Crippen molar-refractivity contribution >= 4 is 77.7 Å². The molecule has 316 valence electrons. The molecule has 0 N–H and O–H groups in total. The van der Waals surface area contributed by atoms with Gasteiger partial charge < -0.3 is 18.9 Å². The highest BCUT2D eigenvalue weighted by molar-refractivity contribution is 6.15. The molecule has 0 radical (unpaired) electrons. The van der Waals surface area contributed by atoms with Gasteiger partial charge in [0.15, 0.2) is 0 Å².